The Bertz CT molecular complexity index is 2140. The first kappa shape index (κ1) is 65.6. The van der Waals surface area contributed by atoms with Gasteiger partial charge in [-0.3, -0.25) is 4.79 Å². The Morgan fingerprint density at radius 2 is 1.38 bits per heavy atom. The average Bonchev–Trinajstić information content (AvgIpc) is 3.91. The van der Waals surface area contributed by atoms with Gasteiger partial charge in [0.05, 0.1) is 67.1 Å². The van der Waals surface area contributed by atoms with Crippen LogP contribution in [0.5, 0.6) is 0 Å². The Kier molecular flexibility index (Phi) is 22.3. The van der Waals surface area contributed by atoms with Gasteiger partial charge in [-0.05, 0) is 165 Å². The number of ether oxygens (including phenoxy) is 5. The third-order valence-corrected chi connectivity index (χ3v) is 34.2. The number of fused-ring (bicyclic) bond motifs is 1. The number of allylic oxidation sites excluding steroid dienone is 1. The molecular formula is C66H114O9Si3. The highest BCUT2D eigenvalue weighted by molar-refractivity contribution is 6.75. The van der Waals surface area contributed by atoms with Crippen LogP contribution in [0.1, 0.15) is 173 Å². The molecule has 5 aliphatic heterocycles. The molecule has 17 atom stereocenters. The molecule has 1 aromatic rings. The van der Waals surface area contributed by atoms with Crippen LogP contribution in [0.4, 0.5) is 0 Å². The van der Waals surface area contributed by atoms with E-state index in [0.717, 1.165) is 76.4 Å². The number of hydrogen-bond acceptors (Lipinski definition) is 9. The maximum atomic E-state index is 14.0. The first-order chi connectivity index (χ1) is 36.1. The Morgan fingerprint density at radius 3 is 2.01 bits per heavy atom. The van der Waals surface area contributed by atoms with Crippen molar-refractivity contribution in [3.05, 3.63) is 72.4 Å². The molecule has 12 heteroatoms. The van der Waals surface area contributed by atoms with Crippen LogP contribution in [0.15, 0.2) is 66.8 Å². The third kappa shape index (κ3) is 16.6. The SMILES string of the molecule is C=C1CC(CCC(=O)/C=C/[C@H](O[Si](C)(C)C(C)(C)C)[C@@H]2O[C@H]3CC[C@H](CC)O[C@@H]3[C@H](C)[C@@H]2O[Si](C)(C)C(C)(C)C)O[C@H]1CCC1C[C@@H](C)C(=C)[C@@H](CC2O[C@H](C[C@H](C)CO[Si](C)(C)C(C)(C)C)[C@H](C)[C@H]2Cc2ccccc2)O1. The van der Waals surface area contributed by atoms with Crippen LogP contribution >= 0.6 is 0 Å². The van der Waals surface area contributed by atoms with Crippen LogP contribution in [-0.2, 0) is 48.2 Å². The van der Waals surface area contributed by atoms with Gasteiger partial charge >= 0.3 is 0 Å². The lowest BCUT2D eigenvalue weighted by Gasteiger charge is -2.54. The van der Waals surface area contributed by atoms with Crippen LogP contribution in [-0.4, -0.2) is 111 Å². The van der Waals surface area contributed by atoms with Gasteiger partial charge in [0.25, 0.3) is 0 Å². The third-order valence-electron chi connectivity index (χ3n) is 20.7. The fourth-order valence-corrected chi connectivity index (χ4v) is 15.8. The Labute approximate surface area is 480 Å². The summed E-state index contributed by atoms with van der Waals surface area (Å²) >= 11 is 0. The molecule has 1 aromatic carbocycles. The van der Waals surface area contributed by atoms with E-state index in [9.17, 15) is 4.79 Å². The van der Waals surface area contributed by atoms with Gasteiger partial charge in [0.1, 0.15) is 6.10 Å². The maximum Gasteiger partial charge on any atom is 0.193 e. The fourth-order valence-electron chi connectivity index (χ4n) is 12.1. The van der Waals surface area contributed by atoms with Crippen molar-refractivity contribution in [1.29, 1.82) is 0 Å². The van der Waals surface area contributed by atoms with Crippen LogP contribution in [0.2, 0.25) is 54.4 Å². The van der Waals surface area contributed by atoms with Crippen molar-refractivity contribution >= 4 is 30.7 Å². The van der Waals surface area contributed by atoms with Gasteiger partial charge in [0, 0.05) is 25.4 Å². The number of carbonyl (C=O) groups is 1. The molecule has 0 radical (unpaired) electrons. The minimum Gasteiger partial charge on any atom is -0.417 e. The van der Waals surface area contributed by atoms with Gasteiger partial charge in [0.2, 0.25) is 0 Å². The van der Waals surface area contributed by atoms with E-state index < -0.39 is 31.1 Å². The molecule has 0 amide bonds. The molecule has 5 heterocycles. The molecular weight excluding hydrogens is 1020 g/mol. The number of benzene rings is 1. The summed E-state index contributed by atoms with van der Waals surface area (Å²) in [5.74, 6) is 1.72. The standard InChI is InChI=1S/C66H114O9Si3/c1-23-51-32-36-56-61(71-51)48(7)62(75-78(21,22)66(14,15)16)63(73-56)57(74-77(19,20)65(11,12)13)34-30-50(67)29-31-52-39-45(4)55(69-52)35-33-53-38-44(3)46(5)59(70-53)41-60-54(40-49-27-25-24-26-28-49)47(6)58(72-60)37-43(2)42-68-76(17,18)64(8,9)10/h24-28,30,34,43-44,47-48,51-63H,4-5,23,29,31-33,35-42H2,1-3,6-22H3/b34-30+/t43-,44+,47+,48-,51-,52?,53?,54+,55-,56-,57-,58+,59+,60?,61+,62-,63-/m0/s1. The van der Waals surface area contributed by atoms with E-state index >= 15 is 0 Å². The minimum absolute atomic E-state index is 0.00495. The van der Waals surface area contributed by atoms with E-state index in [1.807, 2.05) is 6.08 Å². The molecule has 444 valence electrons. The molecule has 0 bridgehead atoms. The molecule has 78 heavy (non-hydrogen) atoms. The zero-order chi connectivity index (χ0) is 57.9. The largest absolute Gasteiger partial charge is 0.417 e. The molecule has 0 aromatic heterocycles. The maximum absolute atomic E-state index is 14.0. The molecule has 0 saturated carbocycles. The number of hydrogen-bond donors (Lipinski definition) is 0. The smallest absolute Gasteiger partial charge is 0.193 e. The summed E-state index contributed by atoms with van der Waals surface area (Å²) in [5.41, 5.74) is 3.67. The van der Waals surface area contributed by atoms with E-state index in [-0.39, 0.29) is 94.0 Å². The van der Waals surface area contributed by atoms with Crippen molar-refractivity contribution in [3.63, 3.8) is 0 Å². The summed E-state index contributed by atoms with van der Waals surface area (Å²) in [6.07, 6.45) is 13.3. The molecule has 5 aliphatic rings. The van der Waals surface area contributed by atoms with Crippen LogP contribution in [0.25, 0.3) is 0 Å². The highest BCUT2D eigenvalue weighted by atomic mass is 28.4. The van der Waals surface area contributed by atoms with Crippen molar-refractivity contribution < 1.29 is 41.8 Å². The second kappa shape index (κ2) is 26.6. The molecule has 6 rings (SSSR count). The predicted molar refractivity (Wildman–Crippen MR) is 330 cm³/mol. The zero-order valence-corrected chi connectivity index (χ0v) is 56.1. The van der Waals surface area contributed by atoms with Crippen LogP contribution in [0, 0.1) is 29.6 Å². The summed E-state index contributed by atoms with van der Waals surface area (Å²) < 4.78 is 56.3. The molecule has 9 nitrogen and oxygen atoms in total. The monoisotopic (exact) mass is 1130 g/mol. The fraction of sp³-hybridized carbons (Fsp3) is 0.803. The Balaban J connectivity index is 1.07. The van der Waals surface area contributed by atoms with Gasteiger partial charge in [-0.1, -0.05) is 146 Å². The van der Waals surface area contributed by atoms with E-state index in [2.05, 4.69) is 180 Å². The van der Waals surface area contributed by atoms with Gasteiger partial charge in [0.15, 0.2) is 30.7 Å². The number of rotatable bonds is 23. The van der Waals surface area contributed by atoms with E-state index in [1.54, 1.807) is 6.08 Å². The Hall–Kier alpha value is -1.56. The van der Waals surface area contributed by atoms with Crippen molar-refractivity contribution in [3.8, 4) is 0 Å². The van der Waals surface area contributed by atoms with Gasteiger partial charge < -0.3 is 37.0 Å². The summed E-state index contributed by atoms with van der Waals surface area (Å²) in [6.45, 7) is 56.1. The first-order valence-corrected chi connectivity index (χ1v) is 39.7. The van der Waals surface area contributed by atoms with Crippen LogP contribution in [0.3, 0.4) is 0 Å². The Morgan fingerprint density at radius 1 is 0.744 bits per heavy atom. The summed E-state index contributed by atoms with van der Waals surface area (Å²) in [4.78, 5) is 14.0. The average molecular weight is 1140 g/mol. The molecule has 5 fully saturated rings. The van der Waals surface area contributed by atoms with Crippen LogP contribution < -0.4 is 0 Å². The quantitative estimate of drug-likeness (QED) is 0.0604. The van der Waals surface area contributed by atoms with Gasteiger partial charge in [-0.25, -0.2) is 0 Å². The molecule has 5 saturated heterocycles. The van der Waals surface area contributed by atoms with Gasteiger partial charge in [-0.2, -0.15) is 0 Å². The summed E-state index contributed by atoms with van der Waals surface area (Å²) in [6, 6.07) is 10.9. The van der Waals surface area contributed by atoms with Crippen molar-refractivity contribution in [2.75, 3.05) is 6.61 Å². The van der Waals surface area contributed by atoms with E-state index in [1.165, 1.54) is 11.1 Å². The normalized spacial score (nSPS) is 33.6. The second-order valence-electron chi connectivity index (χ2n) is 30.0. The number of ketones is 1. The van der Waals surface area contributed by atoms with Crippen molar-refractivity contribution in [2.45, 2.75) is 302 Å². The van der Waals surface area contributed by atoms with Gasteiger partial charge in [-0.15, -0.1) is 0 Å². The zero-order valence-electron chi connectivity index (χ0n) is 53.1. The highest BCUT2D eigenvalue weighted by Crippen LogP contribution is 2.47. The molecule has 0 aliphatic carbocycles. The molecule has 0 spiro atoms. The first-order valence-electron chi connectivity index (χ1n) is 31.0. The number of carbonyl (C=O) groups excluding carboxylic acids is 1. The van der Waals surface area contributed by atoms with Crippen molar-refractivity contribution in [1.82, 2.24) is 0 Å². The van der Waals surface area contributed by atoms with Crippen molar-refractivity contribution in [2.24, 2.45) is 29.6 Å². The lowest BCUT2D eigenvalue weighted by atomic mass is 9.78. The highest BCUT2D eigenvalue weighted by Gasteiger charge is 2.54. The van der Waals surface area contributed by atoms with E-state index in [4.69, 9.17) is 37.0 Å². The lowest BCUT2D eigenvalue weighted by Crippen LogP contribution is -2.64. The molecule has 0 N–H and O–H groups in total. The van der Waals surface area contributed by atoms with E-state index in [0.29, 0.717) is 36.5 Å². The second-order valence-corrected chi connectivity index (χ2v) is 44.3. The lowest BCUT2D eigenvalue weighted by molar-refractivity contribution is -0.251. The minimum atomic E-state index is -2.33. The summed E-state index contributed by atoms with van der Waals surface area (Å²) in [7, 11) is -6.43. The summed E-state index contributed by atoms with van der Waals surface area (Å²) in [5, 5.41) is 0.150. The predicted octanol–water partition coefficient (Wildman–Crippen LogP) is 16.6. The topological polar surface area (TPSA) is 90.9 Å². The molecule has 3 unspecified atom stereocenters.